The fourth-order valence-corrected chi connectivity index (χ4v) is 1.86. The normalized spacial score (nSPS) is 13.7. The zero-order valence-corrected chi connectivity index (χ0v) is 11.5. The molecule has 1 rings (SSSR count). The molecule has 1 atom stereocenters. The van der Waals surface area contributed by atoms with Crippen molar-refractivity contribution in [3.63, 3.8) is 0 Å². The summed E-state index contributed by atoms with van der Waals surface area (Å²) in [6.45, 7) is 6.35. The quantitative estimate of drug-likeness (QED) is 0.822. The van der Waals surface area contributed by atoms with Gasteiger partial charge in [-0.15, -0.1) is 0 Å². The van der Waals surface area contributed by atoms with Gasteiger partial charge in [-0.3, -0.25) is 0 Å². The second-order valence-electron chi connectivity index (χ2n) is 5.39. The lowest BCUT2D eigenvalue weighted by atomic mass is 9.94. The first kappa shape index (κ1) is 14.2. The molecule has 0 radical (unpaired) electrons. The molecule has 0 aliphatic rings. The maximum atomic E-state index is 6.18. The first-order valence-corrected chi connectivity index (χ1v) is 6.30. The number of hydrogen-bond acceptors (Lipinski definition) is 2. The summed E-state index contributed by atoms with van der Waals surface area (Å²) in [5, 5.41) is 0. The van der Waals surface area contributed by atoms with Gasteiger partial charge in [0, 0.05) is 13.2 Å². The smallest absolute Gasteiger partial charge is 0.0623 e. The molecule has 2 nitrogen and oxygen atoms in total. The third-order valence-corrected chi connectivity index (χ3v) is 3.41. The lowest BCUT2D eigenvalue weighted by Crippen LogP contribution is -2.29. The van der Waals surface area contributed by atoms with Crippen LogP contribution in [0.25, 0.3) is 0 Å². The second kappa shape index (κ2) is 6.18. The third-order valence-electron chi connectivity index (χ3n) is 3.41. The van der Waals surface area contributed by atoms with Crippen molar-refractivity contribution in [2.45, 2.75) is 51.7 Å². The summed E-state index contributed by atoms with van der Waals surface area (Å²) in [5.74, 6) is 0. The highest BCUT2D eigenvalue weighted by Crippen LogP contribution is 2.18. The van der Waals surface area contributed by atoms with E-state index < -0.39 is 0 Å². The van der Waals surface area contributed by atoms with Crippen molar-refractivity contribution in [3.05, 3.63) is 35.4 Å². The molecule has 0 saturated carbocycles. The van der Waals surface area contributed by atoms with Crippen LogP contribution in [-0.2, 0) is 11.2 Å². The number of methoxy groups -OCH3 is 1. The molecule has 0 aliphatic carbocycles. The van der Waals surface area contributed by atoms with Crippen LogP contribution in [-0.4, -0.2) is 18.8 Å². The van der Waals surface area contributed by atoms with E-state index in [0.717, 1.165) is 19.3 Å². The average molecular weight is 235 g/mol. The molecule has 0 amide bonds. The number of ether oxygens (including phenoxy) is 1. The molecule has 0 heterocycles. The Kier molecular flexibility index (Phi) is 5.16. The summed E-state index contributed by atoms with van der Waals surface area (Å²) in [6.07, 6.45) is 2.94. The van der Waals surface area contributed by atoms with Crippen LogP contribution in [0, 0.1) is 6.92 Å². The van der Waals surface area contributed by atoms with Crippen LogP contribution in [0.3, 0.4) is 0 Å². The van der Waals surface area contributed by atoms with Gasteiger partial charge in [-0.05, 0) is 51.2 Å². The van der Waals surface area contributed by atoms with Crippen LogP contribution >= 0.6 is 0 Å². The van der Waals surface area contributed by atoms with Gasteiger partial charge in [-0.2, -0.15) is 0 Å². The predicted molar refractivity (Wildman–Crippen MR) is 73.2 cm³/mol. The number of rotatable bonds is 6. The van der Waals surface area contributed by atoms with Crippen LogP contribution in [0.15, 0.2) is 24.3 Å². The van der Waals surface area contributed by atoms with E-state index >= 15 is 0 Å². The second-order valence-corrected chi connectivity index (χ2v) is 5.39. The number of hydrogen-bond donors (Lipinski definition) is 1. The maximum Gasteiger partial charge on any atom is 0.0623 e. The minimum Gasteiger partial charge on any atom is -0.379 e. The Morgan fingerprint density at radius 2 is 1.94 bits per heavy atom. The molecule has 0 bridgehead atoms. The first-order valence-electron chi connectivity index (χ1n) is 6.30. The Balaban J connectivity index is 2.45. The Hall–Kier alpha value is -0.860. The largest absolute Gasteiger partial charge is 0.379 e. The van der Waals surface area contributed by atoms with Gasteiger partial charge in [0.05, 0.1) is 5.60 Å². The highest BCUT2D eigenvalue weighted by Gasteiger charge is 2.17. The molecule has 1 unspecified atom stereocenters. The Labute approximate surface area is 105 Å². The van der Waals surface area contributed by atoms with E-state index in [4.69, 9.17) is 10.5 Å². The van der Waals surface area contributed by atoms with Crippen molar-refractivity contribution in [1.82, 2.24) is 0 Å². The van der Waals surface area contributed by atoms with E-state index in [-0.39, 0.29) is 11.6 Å². The van der Waals surface area contributed by atoms with Crippen molar-refractivity contribution in [2.24, 2.45) is 5.73 Å². The molecule has 17 heavy (non-hydrogen) atoms. The summed E-state index contributed by atoms with van der Waals surface area (Å²) < 4.78 is 5.41. The van der Waals surface area contributed by atoms with Crippen LogP contribution in [0.4, 0.5) is 0 Å². The van der Waals surface area contributed by atoms with E-state index in [1.54, 1.807) is 7.11 Å². The molecule has 2 heteroatoms. The van der Waals surface area contributed by atoms with Gasteiger partial charge in [0.15, 0.2) is 0 Å². The van der Waals surface area contributed by atoms with Crippen LogP contribution < -0.4 is 5.73 Å². The van der Waals surface area contributed by atoms with Crippen LogP contribution in [0.5, 0.6) is 0 Å². The lowest BCUT2D eigenvalue weighted by molar-refractivity contribution is 0.0125. The van der Waals surface area contributed by atoms with Crippen molar-refractivity contribution in [3.8, 4) is 0 Å². The van der Waals surface area contributed by atoms with E-state index in [2.05, 4.69) is 45.0 Å². The molecule has 0 saturated heterocycles. The molecule has 0 spiro atoms. The van der Waals surface area contributed by atoms with Gasteiger partial charge in [0.2, 0.25) is 0 Å². The summed E-state index contributed by atoms with van der Waals surface area (Å²) >= 11 is 0. The van der Waals surface area contributed by atoms with Crippen LogP contribution in [0.1, 0.15) is 37.8 Å². The monoisotopic (exact) mass is 235 g/mol. The molecule has 96 valence electrons. The van der Waals surface area contributed by atoms with Gasteiger partial charge in [0.1, 0.15) is 0 Å². The molecule has 1 aromatic rings. The SMILES string of the molecule is COC(C)(C)CCC(N)Cc1ccccc1C. The Morgan fingerprint density at radius 3 is 2.53 bits per heavy atom. The molecule has 1 aromatic carbocycles. The van der Waals surface area contributed by atoms with Crippen molar-refractivity contribution in [2.75, 3.05) is 7.11 Å². The topological polar surface area (TPSA) is 35.2 Å². The minimum atomic E-state index is -0.0661. The third kappa shape index (κ3) is 4.88. The fraction of sp³-hybridized carbons (Fsp3) is 0.600. The van der Waals surface area contributed by atoms with E-state index in [9.17, 15) is 0 Å². The van der Waals surface area contributed by atoms with Gasteiger partial charge in [0.25, 0.3) is 0 Å². The molecule has 2 N–H and O–H groups in total. The zero-order chi connectivity index (χ0) is 12.9. The van der Waals surface area contributed by atoms with E-state index in [1.807, 2.05) is 0 Å². The van der Waals surface area contributed by atoms with E-state index in [1.165, 1.54) is 11.1 Å². The minimum absolute atomic E-state index is 0.0661. The molecule has 0 fully saturated rings. The summed E-state index contributed by atoms with van der Waals surface area (Å²) in [6, 6.07) is 8.66. The Bertz CT molecular complexity index is 347. The van der Waals surface area contributed by atoms with Crippen LogP contribution in [0.2, 0.25) is 0 Å². The average Bonchev–Trinajstić information content (AvgIpc) is 2.30. The van der Waals surface area contributed by atoms with Gasteiger partial charge in [-0.25, -0.2) is 0 Å². The number of benzene rings is 1. The summed E-state index contributed by atoms with van der Waals surface area (Å²) in [4.78, 5) is 0. The molecule has 0 aromatic heterocycles. The number of aryl methyl sites for hydroxylation is 1. The highest BCUT2D eigenvalue weighted by molar-refractivity contribution is 5.26. The fourth-order valence-electron chi connectivity index (χ4n) is 1.86. The maximum absolute atomic E-state index is 6.18. The summed E-state index contributed by atoms with van der Waals surface area (Å²) in [5.41, 5.74) is 8.80. The highest BCUT2D eigenvalue weighted by atomic mass is 16.5. The van der Waals surface area contributed by atoms with Crippen molar-refractivity contribution >= 4 is 0 Å². The summed E-state index contributed by atoms with van der Waals surface area (Å²) in [7, 11) is 1.76. The first-order chi connectivity index (χ1) is 7.94. The zero-order valence-electron chi connectivity index (χ0n) is 11.5. The molecule has 0 aliphatic heterocycles. The predicted octanol–water partition coefficient (Wildman–Crippen LogP) is 3.07. The van der Waals surface area contributed by atoms with Gasteiger partial charge < -0.3 is 10.5 Å². The van der Waals surface area contributed by atoms with Gasteiger partial charge in [-0.1, -0.05) is 24.3 Å². The lowest BCUT2D eigenvalue weighted by Gasteiger charge is -2.24. The van der Waals surface area contributed by atoms with Gasteiger partial charge >= 0.3 is 0 Å². The number of nitrogens with two attached hydrogens (primary N) is 1. The van der Waals surface area contributed by atoms with Crippen molar-refractivity contribution in [1.29, 1.82) is 0 Å². The Morgan fingerprint density at radius 1 is 1.29 bits per heavy atom. The van der Waals surface area contributed by atoms with Crippen molar-refractivity contribution < 1.29 is 4.74 Å². The molecular weight excluding hydrogens is 210 g/mol. The van der Waals surface area contributed by atoms with E-state index in [0.29, 0.717) is 0 Å². The standard InChI is InChI=1S/C15H25NO/c1-12-7-5-6-8-13(12)11-14(16)9-10-15(2,3)17-4/h5-8,14H,9-11,16H2,1-4H3. The molecular formula is C15H25NO.